The molecule has 4 N–H and O–H groups in total. The van der Waals surface area contributed by atoms with Crippen LogP contribution >= 0.6 is 0 Å². The van der Waals surface area contributed by atoms with E-state index in [0.717, 1.165) is 0 Å². The van der Waals surface area contributed by atoms with Gasteiger partial charge in [-0.3, -0.25) is 4.79 Å². The van der Waals surface area contributed by atoms with Crippen LogP contribution in [0, 0.1) is 6.92 Å². The maximum absolute atomic E-state index is 11.5. The number of ketones is 1. The number of carbonyl (C=O) groups is 1. The quantitative estimate of drug-likeness (QED) is 0.456. The van der Waals surface area contributed by atoms with Crippen LogP contribution in [0.25, 0.3) is 0 Å². The molecule has 0 unspecified atom stereocenters. The zero-order valence-electron chi connectivity index (χ0n) is 8.95. The van der Waals surface area contributed by atoms with E-state index in [2.05, 4.69) is 5.32 Å². The van der Waals surface area contributed by atoms with E-state index in [0.29, 0.717) is 13.1 Å². The van der Waals surface area contributed by atoms with Gasteiger partial charge in [-0.15, -0.1) is 0 Å². The zero-order valence-corrected chi connectivity index (χ0v) is 8.95. The van der Waals surface area contributed by atoms with E-state index in [-0.39, 0.29) is 23.6 Å². The van der Waals surface area contributed by atoms with Gasteiger partial charge in [-0.1, -0.05) is 0 Å². The second kappa shape index (κ2) is 5.43. The first-order valence-electron chi connectivity index (χ1n) is 4.84. The number of carbonyl (C=O) groups excluding carboxylic acids is 1. The second-order valence-electron chi connectivity index (χ2n) is 3.29. The van der Waals surface area contributed by atoms with E-state index in [9.17, 15) is 14.7 Å². The molecular weight excluding hydrogens is 212 g/mol. The summed E-state index contributed by atoms with van der Waals surface area (Å²) in [6.45, 7) is 2.31. The Morgan fingerprint density at radius 3 is 2.88 bits per heavy atom. The van der Waals surface area contributed by atoms with Crippen molar-refractivity contribution < 1.29 is 14.3 Å². The van der Waals surface area contributed by atoms with Crippen molar-refractivity contribution in [1.82, 2.24) is 5.32 Å². The SMILES string of the molecule is Cc1cc(O)c(C(=O)CNCCN)c(=O)o1. The second-order valence-corrected chi connectivity index (χ2v) is 3.29. The summed E-state index contributed by atoms with van der Waals surface area (Å²) in [7, 11) is 0. The Hall–Kier alpha value is -1.66. The normalized spacial score (nSPS) is 10.4. The van der Waals surface area contributed by atoms with E-state index < -0.39 is 11.4 Å². The van der Waals surface area contributed by atoms with Crippen molar-refractivity contribution in [2.45, 2.75) is 6.92 Å². The van der Waals surface area contributed by atoms with Gasteiger partial charge in [-0.25, -0.2) is 4.79 Å². The van der Waals surface area contributed by atoms with Crippen LogP contribution in [-0.4, -0.2) is 30.5 Å². The minimum Gasteiger partial charge on any atom is -0.507 e. The van der Waals surface area contributed by atoms with Crippen LogP contribution in [-0.2, 0) is 0 Å². The molecule has 0 fully saturated rings. The van der Waals surface area contributed by atoms with Crippen molar-refractivity contribution >= 4 is 5.78 Å². The smallest absolute Gasteiger partial charge is 0.350 e. The highest BCUT2D eigenvalue weighted by molar-refractivity contribution is 5.99. The van der Waals surface area contributed by atoms with Crippen molar-refractivity contribution in [1.29, 1.82) is 0 Å². The molecule has 0 saturated carbocycles. The number of Topliss-reactive ketones (excluding diaryl/α,β-unsaturated/α-hetero) is 1. The van der Waals surface area contributed by atoms with Crippen molar-refractivity contribution in [3.8, 4) is 5.75 Å². The Morgan fingerprint density at radius 2 is 2.31 bits per heavy atom. The molecule has 6 nitrogen and oxygen atoms in total. The number of rotatable bonds is 5. The fraction of sp³-hybridized carbons (Fsp3) is 0.400. The van der Waals surface area contributed by atoms with Crippen molar-refractivity contribution in [3.05, 3.63) is 27.8 Å². The number of nitrogens with one attached hydrogen (secondary N) is 1. The summed E-state index contributed by atoms with van der Waals surface area (Å²) in [6, 6.07) is 1.23. The monoisotopic (exact) mass is 226 g/mol. The lowest BCUT2D eigenvalue weighted by atomic mass is 10.1. The van der Waals surface area contributed by atoms with Gasteiger partial charge in [-0.2, -0.15) is 0 Å². The van der Waals surface area contributed by atoms with Gasteiger partial charge in [0.1, 0.15) is 17.1 Å². The number of nitrogens with two attached hydrogens (primary N) is 1. The minimum atomic E-state index is -0.822. The molecule has 0 amide bonds. The highest BCUT2D eigenvalue weighted by Crippen LogP contribution is 2.14. The lowest BCUT2D eigenvalue weighted by Crippen LogP contribution is -2.30. The van der Waals surface area contributed by atoms with E-state index >= 15 is 0 Å². The predicted molar refractivity (Wildman–Crippen MR) is 57.6 cm³/mol. The molecule has 88 valence electrons. The number of aryl methyl sites for hydroxylation is 1. The van der Waals surface area contributed by atoms with E-state index in [1.54, 1.807) is 0 Å². The summed E-state index contributed by atoms with van der Waals surface area (Å²) in [4.78, 5) is 22.9. The van der Waals surface area contributed by atoms with E-state index in [1.807, 2.05) is 0 Å². The third-order valence-electron chi connectivity index (χ3n) is 1.94. The topological polar surface area (TPSA) is 106 Å². The summed E-state index contributed by atoms with van der Waals surface area (Å²) in [5.74, 6) is -0.609. The summed E-state index contributed by atoms with van der Waals surface area (Å²) in [5.41, 5.74) is 4.08. The first kappa shape index (κ1) is 12.4. The molecule has 0 spiro atoms. The molecule has 0 aliphatic rings. The Labute approximate surface area is 92.1 Å². The molecule has 1 aromatic rings. The summed E-state index contributed by atoms with van der Waals surface area (Å²) in [5, 5.41) is 12.2. The Kier molecular flexibility index (Phi) is 4.21. The van der Waals surface area contributed by atoms with Gasteiger partial charge in [-0.05, 0) is 6.92 Å². The van der Waals surface area contributed by atoms with Gasteiger partial charge < -0.3 is 20.6 Å². The van der Waals surface area contributed by atoms with Crippen LogP contribution in [0.5, 0.6) is 5.75 Å². The molecule has 0 bridgehead atoms. The average molecular weight is 226 g/mol. The van der Waals surface area contributed by atoms with Crippen LogP contribution in [0.3, 0.4) is 0 Å². The van der Waals surface area contributed by atoms with Gasteiger partial charge in [0.25, 0.3) is 0 Å². The van der Waals surface area contributed by atoms with Crippen molar-refractivity contribution in [2.24, 2.45) is 5.73 Å². The van der Waals surface area contributed by atoms with Gasteiger partial charge in [0.15, 0.2) is 5.78 Å². The molecule has 1 rings (SSSR count). The van der Waals surface area contributed by atoms with Gasteiger partial charge in [0.05, 0.1) is 6.54 Å². The third kappa shape index (κ3) is 2.91. The van der Waals surface area contributed by atoms with Crippen LogP contribution in [0.15, 0.2) is 15.3 Å². The van der Waals surface area contributed by atoms with Crippen LogP contribution in [0.2, 0.25) is 0 Å². The van der Waals surface area contributed by atoms with Crippen LogP contribution in [0.4, 0.5) is 0 Å². The van der Waals surface area contributed by atoms with Gasteiger partial charge in [0, 0.05) is 19.2 Å². The standard InChI is InChI=1S/C10H14N2O4/c1-6-4-7(13)9(10(15)16-6)8(14)5-12-3-2-11/h4,12-13H,2-3,5,11H2,1H3. The molecule has 0 aliphatic carbocycles. The maximum atomic E-state index is 11.5. The Bertz CT molecular complexity index is 439. The molecule has 0 saturated heterocycles. The summed E-state index contributed by atoms with van der Waals surface area (Å²) in [6.07, 6.45) is 0. The molecule has 0 aliphatic heterocycles. The third-order valence-corrected chi connectivity index (χ3v) is 1.94. The largest absolute Gasteiger partial charge is 0.507 e. The molecule has 0 radical (unpaired) electrons. The number of aromatic hydroxyl groups is 1. The first-order chi connectivity index (χ1) is 7.56. The fourth-order valence-electron chi connectivity index (χ4n) is 1.25. The molecule has 16 heavy (non-hydrogen) atoms. The molecule has 0 aromatic carbocycles. The molecular formula is C10H14N2O4. The molecule has 6 heteroatoms. The van der Waals surface area contributed by atoms with Gasteiger partial charge in [0.2, 0.25) is 0 Å². The highest BCUT2D eigenvalue weighted by Gasteiger charge is 2.17. The molecule has 1 heterocycles. The van der Waals surface area contributed by atoms with Crippen molar-refractivity contribution in [3.63, 3.8) is 0 Å². The van der Waals surface area contributed by atoms with Gasteiger partial charge >= 0.3 is 5.63 Å². The lowest BCUT2D eigenvalue weighted by Gasteiger charge is -2.03. The Balaban J connectivity index is 2.87. The average Bonchev–Trinajstić information content (AvgIpc) is 2.16. The number of hydrogen-bond donors (Lipinski definition) is 3. The highest BCUT2D eigenvalue weighted by atomic mass is 16.4. The summed E-state index contributed by atoms with van der Waals surface area (Å²) < 4.78 is 4.73. The molecule has 1 aromatic heterocycles. The minimum absolute atomic E-state index is 0.0570. The predicted octanol–water partition coefficient (Wildman–Crippen LogP) is -0.615. The summed E-state index contributed by atoms with van der Waals surface area (Å²) >= 11 is 0. The zero-order chi connectivity index (χ0) is 12.1. The maximum Gasteiger partial charge on any atom is 0.350 e. The molecule has 0 atom stereocenters. The van der Waals surface area contributed by atoms with Crippen LogP contribution in [0.1, 0.15) is 16.1 Å². The van der Waals surface area contributed by atoms with Crippen molar-refractivity contribution in [2.75, 3.05) is 19.6 Å². The first-order valence-corrected chi connectivity index (χ1v) is 4.84. The van der Waals surface area contributed by atoms with E-state index in [1.165, 1.54) is 13.0 Å². The lowest BCUT2D eigenvalue weighted by molar-refractivity contribution is 0.0984. The van der Waals surface area contributed by atoms with Crippen LogP contribution < -0.4 is 16.7 Å². The van der Waals surface area contributed by atoms with E-state index in [4.69, 9.17) is 10.2 Å². The fourth-order valence-corrected chi connectivity index (χ4v) is 1.25. The Morgan fingerprint density at radius 1 is 1.62 bits per heavy atom. The number of hydrogen-bond acceptors (Lipinski definition) is 6.